The van der Waals surface area contributed by atoms with Crippen molar-refractivity contribution in [1.82, 2.24) is 0 Å². The lowest BCUT2D eigenvalue weighted by Crippen LogP contribution is -2.15. The Morgan fingerprint density at radius 1 is 1.47 bits per heavy atom. The number of rotatable bonds is 5. The normalized spacial score (nSPS) is 11.7. The Morgan fingerprint density at radius 3 is 2.58 bits per heavy atom. The van der Waals surface area contributed by atoms with Gasteiger partial charge in [-0.3, -0.25) is 4.79 Å². The summed E-state index contributed by atoms with van der Waals surface area (Å²) in [5, 5.41) is 0. The predicted octanol–water partition coefficient (Wildman–Crippen LogP) is 2.61. The molecular formula is C15H19NO3. The van der Waals surface area contributed by atoms with E-state index in [2.05, 4.69) is 6.58 Å². The fraction of sp³-hybridized carbons (Fsp3) is 0.333. The molecule has 0 aliphatic carbocycles. The third-order valence-corrected chi connectivity index (χ3v) is 3.03. The number of allylic oxidation sites excluding steroid dienone is 1. The maximum atomic E-state index is 11.9. The zero-order valence-corrected chi connectivity index (χ0v) is 11.5. The summed E-state index contributed by atoms with van der Waals surface area (Å²) in [5.41, 5.74) is 8.02. The smallest absolute Gasteiger partial charge is 0.339 e. The van der Waals surface area contributed by atoms with E-state index in [1.807, 2.05) is 13.0 Å². The van der Waals surface area contributed by atoms with Crippen LogP contribution in [0.2, 0.25) is 0 Å². The molecule has 0 aromatic heterocycles. The van der Waals surface area contributed by atoms with Gasteiger partial charge in [-0.25, -0.2) is 4.79 Å². The van der Waals surface area contributed by atoms with Crippen molar-refractivity contribution in [2.24, 2.45) is 0 Å². The Bertz CT molecular complexity index is 520. The first kappa shape index (κ1) is 15.0. The lowest BCUT2D eigenvalue weighted by Gasteiger charge is -2.16. The van der Waals surface area contributed by atoms with E-state index in [1.54, 1.807) is 19.1 Å². The van der Waals surface area contributed by atoms with Crippen molar-refractivity contribution in [2.45, 2.75) is 26.2 Å². The van der Waals surface area contributed by atoms with Gasteiger partial charge in [0.1, 0.15) is 5.78 Å². The zero-order valence-electron chi connectivity index (χ0n) is 11.5. The fourth-order valence-electron chi connectivity index (χ4n) is 2.01. The number of esters is 1. The van der Waals surface area contributed by atoms with Crippen molar-refractivity contribution < 1.29 is 14.3 Å². The minimum absolute atomic E-state index is 0.0168. The lowest BCUT2D eigenvalue weighted by atomic mass is 9.89. The van der Waals surface area contributed by atoms with Crippen LogP contribution in [-0.4, -0.2) is 18.9 Å². The van der Waals surface area contributed by atoms with Gasteiger partial charge < -0.3 is 10.5 Å². The molecule has 1 unspecified atom stereocenters. The van der Waals surface area contributed by atoms with Gasteiger partial charge in [0.05, 0.1) is 24.3 Å². The number of carbonyl (C=O) groups is 2. The van der Waals surface area contributed by atoms with Gasteiger partial charge >= 0.3 is 5.97 Å². The van der Waals surface area contributed by atoms with Crippen LogP contribution in [0.4, 0.5) is 5.69 Å². The maximum absolute atomic E-state index is 11.9. The number of ketones is 1. The molecule has 0 amide bonds. The van der Waals surface area contributed by atoms with Crippen molar-refractivity contribution >= 4 is 17.4 Å². The Labute approximate surface area is 113 Å². The summed E-state index contributed by atoms with van der Waals surface area (Å²) < 4.78 is 4.70. The largest absolute Gasteiger partial charge is 0.465 e. The van der Waals surface area contributed by atoms with Crippen molar-refractivity contribution in [3.05, 3.63) is 41.5 Å². The average Bonchev–Trinajstić information content (AvgIpc) is 2.41. The van der Waals surface area contributed by atoms with Crippen LogP contribution in [0.25, 0.3) is 0 Å². The van der Waals surface area contributed by atoms with E-state index in [4.69, 9.17) is 10.5 Å². The fourth-order valence-corrected chi connectivity index (χ4v) is 2.01. The minimum Gasteiger partial charge on any atom is -0.465 e. The topological polar surface area (TPSA) is 69.4 Å². The zero-order chi connectivity index (χ0) is 14.6. The summed E-state index contributed by atoms with van der Waals surface area (Å²) in [6.45, 7) is 7.30. The van der Waals surface area contributed by atoms with Crippen molar-refractivity contribution in [3.8, 4) is 0 Å². The standard InChI is InChI=1S/C15H19NO3/c1-5-10(13(17)6-2)11-7-9(3)8-12(14(11)16)15(18)19-4/h5,7-8,10H,1,6,16H2,2-4H3. The number of Topliss-reactive ketones (excluding diaryl/α,β-unsaturated/α-hetero) is 1. The summed E-state index contributed by atoms with van der Waals surface area (Å²) in [5.74, 6) is -0.981. The third kappa shape index (κ3) is 3.02. The summed E-state index contributed by atoms with van der Waals surface area (Å²) >= 11 is 0. The number of ether oxygens (including phenoxy) is 1. The highest BCUT2D eigenvalue weighted by Crippen LogP contribution is 2.30. The van der Waals surface area contributed by atoms with E-state index >= 15 is 0 Å². The summed E-state index contributed by atoms with van der Waals surface area (Å²) in [6.07, 6.45) is 1.94. The summed E-state index contributed by atoms with van der Waals surface area (Å²) in [4.78, 5) is 23.6. The second-order valence-corrected chi connectivity index (χ2v) is 4.34. The molecule has 4 heteroatoms. The van der Waals surface area contributed by atoms with E-state index in [-0.39, 0.29) is 17.0 Å². The number of methoxy groups -OCH3 is 1. The number of hydrogen-bond donors (Lipinski definition) is 1. The molecule has 4 nitrogen and oxygen atoms in total. The SMILES string of the molecule is C=CC(C(=O)CC)c1cc(C)cc(C(=O)OC)c1N. The molecule has 0 aliphatic rings. The molecule has 0 bridgehead atoms. The van der Waals surface area contributed by atoms with Crippen molar-refractivity contribution in [3.63, 3.8) is 0 Å². The van der Waals surface area contributed by atoms with Crippen LogP contribution in [0.1, 0.15) is 40.7 Å². The summed E-state index contributed by atoms with van der Waals surface area (Å²) in [6, 6.07) is 3.46. The van der Waals surface area contributed by atoms with Crippen LogP contribution >= 0.6 is 0 Å². The summed E-state index contributed by atoms with van der Waals surface area (Å²) in [7, 11) is 1.30. The van der Waals surface area contributed by atoms with Crippen LogP contribution < -0.4 is 5.73 Å². The molecule has 0 radical (unpaired) electrons. The minimum atomic E-state index is -0.505. The quantitative estimate of drug-likeness (QED) is 0.502. The molecule has 0 fully saturated rings. The van der Waals surface area contributed by atoms with Gasteiger partial charge in [-0.15, -0.1) is 6.58 Å². The van der Waals surface area contributed by atoms with E-state index in [9.17, 15) is 9.59 Å². The molecule has 1 aromatic carbocycles. The number of nitrogens with two attached hydrogens (primary N) is 1. The Morgan fingerprint density at radius 2 is 2.11 bits per heavy atom. The Hall–Kier alpha value is -2.10. The molecule has 2 N–H and O–H groups in total. The molecule has 0 heterocycles. The van der Waals surface area contributed by atoms with Gasteiger partial charge in [0.15, 0.2) is 0 Å². The average molecular weight is 261 g/mol. The first-order chi connectivity index (χ1) is 8.96. The molecule has 102 valence electrons. The molecule has 19 heavy (non-hydrogen) atoms. The van der Waals surface area contributed by atoms with Gasteiger partial charge in [-0.2, -0.15) is 0 Å². The van der Waals surface area contributed by atoms with Gasteiger partial charge in [0.25, 0.3) is 0 Å². The first-order valence-corrected chi connectivity index (χ1v) is 6.09. The highest BCUT2D eigenvalue weighted by Gasteiger charge is 2.22. The second kappa shape index (κ2) is 6.18. The molecule has 0 saturated heterocycles. The lowest BCUT2D eigenvalue weighted by molar-refractivity contribution is -0.119. The van der Waals surface area contributed by atoms with Gasteiger partial charge in [0, 0.05) is 6.42 Å². The van der Waals surface area contributed by atoms with Crippen LogP contribution in [-0.2, 0) is 9.53 Å². The number of benzene rings is 1. The first-order valence-electron chi connectivity index (χ1n) is 6.09. The predicted molar refractivity (Wildman–Crippen MR) is 75.2 cm³/mol. The molecule has 0 aliphatic heterocycles. The Balaban J connectivity index is 3.43. The molecule has 1 atom stereocenters. The highest BCUT2D eigenvalue weighted by atomic mass is 16.5. The Kier molecular flexibility index (Phi) is 4.87. The number of aryl methyl sites for hydroxylation is 1. The van der Waals surface area contributed by atoms with Crippen LogP contribution in [0, 0.1) is 6.92 Å². The van der Waals surface area contributed by atoms with Crippen LogP contribution in [0.3, 0.4) is 0 Å². The van der Waals surface area contributed by atoms with Crippen molar-refractivity contribution in [2.75, 3.05) is 12.8 Å². The molecule has 1 aromatic rings. The van der Waals surface area contributed by atoms with Crippen LogP contribution in [0.5, 0.6) is 0 Å². The van der Waals surface area contributed by atoms with E-state index in [0.717, 1.165) is 5.56 Å². The molecule has 0 spiro atoms. The van der Waals surface area contributed by atoms with Gasteiger partial charge in [-0.1, -0.05) is 19.1 Å². The number of anilines is 1. The third-order valence-electron chi connectivity index (χ3n) is 3.03. The van der Waals surface area contributed by atoms with E-state index < -0.39 is 11.9 Å². The molecular weight excluding hydrogens is 242 g/mol. The van der Waals surface area contributed by atoms with Gasteiger partial charge in [0.2, 0.25) is 0 Å². The monoisotopic (exact) mass is 261 g/mol. The van der Waals surface area contributed by atoms with Crippen molar-refractivity contribution in [1.29, 1.82) is 0 Å². The number of nitrogen functional groups attached to an aromatic ring is 1. The second-order valence-electron chi connectivity index (χ2n) is 4.34. The number of carbonyl (C=O) groups excluding carboxylic acids is 2. The van der Waals surface area contributed by atoms with Crippen LogP contribution in [0.15, 0.2) is 24.8 Å². The highest BCUT2D eigenvalue weighted by molar-refractivity contribution is 5.98. The number of hydrogen-bond acceptors (Lipinski definition) is 4. The van der Waals surface area contributed by atoms with E-state index in [0.29, 0.717) is 12.0 Å². The maximum Gasteiger partial charge on any atom is 0.339 e. The van der Waals surface area contributed by atoms with E-state index in [1.165, 1.54) is 7.11 Å². The van der Waals surface area contributed by atoms with Gasteiger partial charge in [-0.05, 0) is 24.1 Å². The molecule has 1 rings (SSSR count). The molecule has 0 saturated carbocycles.